The van der Waals surface area contributed by atoms with E-state index >= 15 is 0 Å². The lowest BCUT2D eigenvalue weighted by Gasteiger charge is -2.29. The number of unbranched alkanes of at least 4 members (excludes halogenated alkanes) is 1. The molecule has 2 amide bonds. The minimum absolute atomic E-state index is 0.0269. The number of esters is 1. The van der Waals surface area contributed by atoms with Crippen molar-refractivity contribution < 1.29 is 38.1 Å². The Kier molecular flexibility index (Phi) is 8.87. The number of aliphatic hydroxyl groups is 1. The predicted octanol–water partition coefficient (Wildman–Crippen LogP) is 2.98. The first-order valence-corrected chi connectivity index (χ1v) is 10.6. The average molecular weight is 490 g/mol. The first-order chi connectivity index (χ1) is 14.2. The van der Waals surface area contributed by atoms with Gasteiger partial charge in [-0.05, 0) is 40.8 Å². The number of halogens is 1. The number of aliphatic hydroxyl groups excluding tert-OH is 1. The summed E-state index contributed by atoms with van der Waals surface area (Å²) in [7, 11) is 1.30. The van der Waals surface area contributed by atoms with Crippen molar-refractivity contribution >= 4 is 33.9 Å². The van der Waals surface area contributed by atoms with E-state index in [2.05, 4.69) is 15.9 Å². The molecule has 1 saturated heterocycles. The number of rotatable bonds is 10. The number of ether oxygens (including phenoxy) is 3. The average Bonchev–Trinajstić information content (AvgIpc) is 3.24. The molecule has 0 radical (unpaired) electrons. The van der Waals surface area contributed by atoms with Crippen LogP contribution in [-0.2, 0) is 30.2 Å². The molecule has 10 heteroatoms. The molecular weight excluding hydrogens is 462 g/mol. The summed E-state index contributed by atoms with van der Waals surface area (Å²) in [6.45, 7) is 5.13. The Labute approximate surface area is 183 Å². The monoisotopic (exact) mass is 489 g/mol. The highest BCUT2D eigenvalue weighted by atomic mass is 79.9. The third-order valence-electron chi connectivity index (χ3n) is 4.85. The number of methoxy groups -OCH3 is 1. The number of hydrogen-bond donors (Lipinski definition) is 1. The molecule has 2 rings (SSSR count). The van der Waals surface area contributed by atoms with E-state index in [0.29, 0.717) is 29.5 Å². The second-order valence-corrected chi connectivity index (χ2v) is 8.24. The number of furan rings is 1. The third-order valence-corrected chi connectivity index (χ3v) is 5.52. The predicted molar refractivity (Wildman–Crippen MR) is 109 cm³/mol. The summed E-state index contributed by atoms with van der Waals surface area (Å²) in [5.41, 5.74) is 0. The zero-order chi connectivity index (χ0) is 22.4. The van der Waals surface area contributed by atoms with Gasteiger partial charge in [0.1, 0.15) is 18.1 Å². The van der Waals surface area contributed by atoms with Crippen LogP contribution in [0.15, 0.2) is 15.0 Å². The smallest absolute Gasteiger partial charge is 0.417 e. The summed E-state index contributed by atoms with van der Waals surface area (Å²) in [4.78, 5) is 38.2. The fraction of sp³-hybridized carbons (Fsp3) is 0.650. The lowest BCUT2D eigenvalue weighted by Crippen LogP contribution is -2.49. The number of aryl methyl sites for hydroxylation is 1. The van der Waals surface area contributed by atoms with E-state index < -0.39 is 36.2 Å². The van der Waals surface area contributed by atoms with E-state index in [9.17, 15) is 14.4 Å². The van der Waals surface area contributed by atoms with Crippen LogP contribution in [-0.4, -0.2) is 60.4 Å². The molecule has 1 fully saturated rings. The largest absolute Gasteiger partial charge is 0.461 e. The van der Waals surface area contributed by atoms with Crippen LogP contribution in [0.4, 0.5) is 4.79 Å². The normalized spacial score (nSPS) is 18.4. The van der Waals surface area contributed by atoms with Gasteiger partial charge in [-0.1, -0.05) is 13.8 Å². The topological polar surface area (TPSA) is 116 Å². The minimum atomic E-state index is -1.30. The Morgan fingerprint density at radius 2 is 2.07 bits per heavy atom. The first kappa shape index (κ1) is 24.4. The van der Waals surface area contributed by atoms with Gasteiger partial charge in [0, 0.05) is 27.1 Å². The number of nitrogens with zero attached hydrogens (tertiary/aromatic N) is 1. The van der Waals surface area contributed by atoms with Crippen molar-refractivity contribution in [2.75, 3.05) is 20.3 Å². The van der Waals surface area contributed by atoms with Gasteiger partial charge < -0.3 is 23.7 Å². The summed E-state index contributed by atoms with van der Waals surface area (Å²) in [6, 6.07) is 1.17. The van der Waals surface area contributed by atoms with Crippen molar-refractivity contribution in [2.24, 2.45) is 5.92 Å². The van der Waals surface area contributed by atoms with E-state index in [1.807, 2.05) is 13.8 Å². The van der Waals surface area contributed by atoms with E-state index in [0.717, 1.165) is 4.90 Å². The molecule has 0 aromatic carbocycles. The van der Waals surface area contributed by atoms with Crippen molar-refractivity contribution in [2.45, 2.75) is 58.3 Å². The zero-order valence-electron chi connectivity index (χ0n) is 17.6. The highest BCUT2D eigenvalue weighted by Gasteiger charge is 2.46. The fourth-order valence-corrected chi connectivity index (χ4v) is 3.76. The Morgan fingerprint density at radius 1 is 1.37 bits per heavy atom. The van der Waals surface area contributed by atoms with Crippen molar-refractivity contribution in [1.82, 2.24) is 4.90 Å². The van der Waals surface area contributed by atoms with Gasteiger partial charge in [-0.25, -0.2) is 9.69 Å². The number of amides is 2. The van der Waals surface area contributed by atoms with Gasteiger partial charge in [0.2, 0.25) is 0 Å². The fourth-order valence-electron chi connectivity index (χ4n) is 3.25. The van der Waals surface area contributed by atoms with Gasteiger partial charge in [0.05, 0.1) is 10.5 Å². The molecule has 9 nitrogen and oxygen atoms in total. The summed E-state index contributed by atoms with van der Waals surface area (Å²) < 4.78 is 22.3. The molecule has 30 heavy (non-hydrogen) atoms. The number of imide groups is 1. The Balaban J connectivity index is 2.34. The van der Waals surface area contributed by atoms with Crippen molar-refractivity contribution in [1.29, 1.82) is 0 Å². The molecule has 1 aromatic heterocycles. The molecule has 1 aliphatic rings. The Bertz CT molecular complexity index is 762. The Morgan fingerprint density at radius 3 is 2.63 bits per heavy atom. The highest BCUT2D eigenvalue weighted by molar-refractivity contribution is 9.10. The molecule has 3 atom stereocenters. The summed E-state index contributed by atoms with van der Waals surface area (Å²) >= 11 is 3.41. The molecule has 168 valence electrons. The standard InChI is InChI=1S/C20H28BrNO8/c1-11(2)14-10-28-20(26)22(14)19(25)18(27-4)17(29-12(3)24)16-9-13(21)15(30-16)7-5-6-8-23/h9,11,14,17-18,23H,5-8,10H2,1-4H3/t14-,17-,18+/m0/s1. The first-order valence-electron chi connectivity index (χ1n) is 9.80. The third kappa shape index (κ3) is 5.61. The molecule has 0 aliphatic carbocycles. The molecule has 1 aliphatic heterocycles. The number of carbonyl (C=O) groups is 3. The van der Waals surface area contributed by atoms with Crippen molar-refractivity contribution in [3.05, 3.63) is 22.1 Å². The molecule has 0 saturated carbocycles. The van der Waals surface area contributed by atoms with Gasteiger partial charge in [0.25, 0.3) is 5.91 Å². The van der Waals surface area contributed by atoms with Crippen LogP contribution >= 0.6 is 15.9 Å². The van der Waals surface area contributed by atoms with Crippen LogP contribution in [0.1, 0.15) is 51.2 Å². The minimum Gasteiger partial charge on any atom is -0.461 e. The van der Waals surface area contributed by atoms with E-state index in [1.165, 1.54) is 14.0 Å². The second-order valence-electron chi connectivity index (χ2n) is 7.38. The van der Waals surface area contributed by atoms with Crippen LogP contribution in [0.3, 0.4) is 0 Å². The van der Waals surface area contributed by atoms with Crippen LogP contribution in [0.5, 0.6) is 0 Å². The molecule has 1 N–H and O–H groups in total. The van der Waals surface area contributed by atoms with Crippen LogP contribution in [0.25, 0.3) is 0 Å². The molecule has 2 heterocycles. The quantitative estimate of drug-likeness (QED) is 0.393. The lowest BCUT2D eigenvalue weighted by atomic mass is 10.0. The molecular formula is C20H28BrNO8. The number of carbonyl (C=O) groups excluding carboxylic acids is 3. The van der Waals surface area contributed by atoms with Crippen LogP contribution in [0, 0.1) is 5.92 Å². The van der Waals surface area contributed by atoms with Crippen LogP contribution < -0.4 is 0 Å². The van der Waals surface area contributed by atoms with E-state index in [4.69, 9.17) is 23.7 Å². The SMILES string of the molecule is CO[C@@H](C(=O)N1C(=O)OC[C@H]1C(C)C)[C@@H](OC(C)=O)c1cc(Br)c(CCCCO)o1. The summed E-state index contributed by atoms with van der Waals surface area (Å²) in [5, 5.41) is 8.96. The second kappa shape index (κ2) is 10.9. The van der Waals surface area contributed by atoms with Gasteiger partial charge in [-0.3, -0.25) is 9.59 Å². The Hall–Kier alpha value is -1.91. The molecule has 1 aromatic rings. The van der Waals surface area contributed by atoms with Crippen molar-refractivity contribution in [3.8, 4) is 0 Å². The maximum Gasteiger partial charge on any atom is 0.417 e. The van der Waals surface area contributed by atoms with E-state index in [-0.39, 0.29) is 24.9 Å². The summed E-state index contributed by atoms with van der Waals surface area (Å²) in [5.74, 6) is -0.516. The van der Waals surface area contributed by atoms with Gasteiger partial charge in [-0.15, -0.1) is 0 Å². The van der Waals surface area contributed by atoms with Gasteiger partial charge in [0.15, 0.2) is 12.2 Å². The summed E-state index contributed by atoms with van der Waals surface area (Å²) in [6.07, 6.45) is -1.39. The van der Waals surface area contributed by atoms with Gasteiger partial charge in [-0.2, -0.15) is 0 Å². The highest BCUT2D eigenvalue weighted by Crippen LogP contribution is 2.33. The molecule has 0 bridgehead atoms. The number of cyclic esters (lactones) is 1. The molecule has 0 spiro atoms. The van der Waals surface area contributed by atoms with Crippen molar-refractivity contribution in [3.63, 3.8) is 0 Å². The maximum atomic E-state index is 13.2. The lowest BCUT2D eigenvalue weighted by molar-refractivity contribution is -0.164. The maximum absolute atomic E-state index is 13.2. The number of hydrogen-bond acceptors (Lipinski definition) is 8. The van der Waals surface area contributed by atoms with E-state index in [1.54, 1.807) is 6.07 Å². The molecule has 0 unspecified atom stereocenters. The van der Waals surface area contributed by atoms with Gasteiger partial charge >= 0.3 is 12.1 Å². The van der Waals surface area contributed by atoms with Crippen LogP contribution in [0.2, 0.25) is 0 Å². The zero-order valence-corrected chi connectivity index (χ0v) is 19.1.